The molecule has 0 spiro atoms. The lowest BCUT2D eigenvalue weighted by molar-refractivity contribution is -0.119. The van der Waals surface area contributed by atoms with E-state index in [4.69, 9.17) is 0 Å². The van der Waals surface area contributed by atoms with Crippen molar-refractivity contribution in [1.82, 2.24) is 15.1 Å². The molecule has 0 saturated carbocycles. The van der Waals surface area contributed by atoms with Crippen LogP contribution in [0.1, 0.15) is 26.0 Å². The Kier molecular flexibility index (Phi) is 2.06. The number of nitrogens with one attached hydrogen (secondary N) is 1. The molecule has 1 aromatic heterocycles. The summed E-state index contributed by atoms with van der Waals surface area (Å²) in [7, 11) is 0. The number of amides is 1. The summed E-state index contributed by atoms with van der Waals surface area (Å²) in [6.45, 7) is 5.70. The zero-order chi connectivity index (χ0) is 10.2. The van der Waals surface area contributed by atoms with Gasteiger partial charge in [-0.2, -0.15) is 5.10 Å². The predicted octanol–water partition coefficient (Wildman–Crippen LogP) is 0.681. The highest BCUT2D eigenvalue weighted by molar-refractivity contribution is 5.80. The summed E-state index contributed by atoms with van der Waals surface area (Å²) in [5.74, 6) is 0.124. The zero-order valence-electron chi connectivity index (χ0n) is 8.58. The van der Waals surface area contributed by atoms with E-state index in [0.29, 0.717) is 13.0 Å². The minimum absolute atomic E-state index is 0.114. The first-order chi connectivity index (χ1) is 6.64. The molecule has 1 atom stereocenters. The van der Waals surface area contributed by atoms with Gasteiger partial charge in [-0.05, 0) is 13.0 Å². The predicted molar refractivity (Wildman–Crippen MR) is 52.9 cm³/mol. The molecule has 1 N–H and O–H groups in total. The lowest BCUT2D eigenvalue weighted by Crippen LogP contribution is -2.25. The first-order valence-electron chi connectivity index (χ1n) is 4.95. The number of aromatic nitrogens is 2. The van der Waals surface area contributed by atoms with Gasteiger partial charge in [0.05, 0.1) is 5.69 Å². The molecule has 4 heteroatoms. The Hall–Kier alpha value is -1.32. The van der Waals surface area contributed by atoms with Crippen LogP contribution < -0.4 is 5.32 Å². The fourth-order valence-corrected chi connectivity index (χ4v) is 1.81. The van der Waals surface area contributed by atoms with Crippen LogP contribution in [0.4, 0.5) is 0 Å². The summed E-state index contributed by atoms with van der Waals surface area (Å²) in [6, 6.07) is 2.00. The van der Waals surface area contributed by atoms with Crippen molar-refractivity contribution in [1.29, 1.82) is 0 Å². The van der Waals surface area contributed by atoms with Gasteiger partial charge < -0.3 is 5.32 Å². The van der Waals surface area contributed by atoms with E-state index in [0.717, 1.165) is 12.2 Å². The van der Waals surface area contributed by atoms with E-state index in [-0.39, 0.29) is 11.3 Å². The molecule has 1 aliphatic heterocycles. The molecule has 2 heterocycles. The van der Waals surface area contributed by atoms with Gasteiger partial charge in [-0.3, -0.25) is 9.48 Å². The van der Waals surface area contributed by atoms with Gasteiger partial charge in [-0.25, -0.2) is 0 Å². The number of rotatable bonds is 2. The molecular weight excluding hydrogens is 178 g/mol. The second-order valence-electron chi connectivity index (χ2n) is 4.07. The summed E-state index contributed by atoms with van der Waals surface area (Å²) >= 11 is 0. The lowest BCUT2D eigenvalue weighted by Gasteiger charge is -2.17. The summed E-state index contributed by atoms with van der Waals surface area (Å²) < 4.78 is 1.89. The molecule has 1 fully saturated rings. The molecule has 1 saturated heterocycles. The van der Waals surface area contributed by atoms with E-state index >= 15 is 0 Å². The van der Waals surface area contributed by atoms with Crippen LogP contribution in [0, 0.1) is 0 Å². The number of carbonyl (C=O) groups is 1. The van der Waals surface area contributed by atoms with Crippen LogP contribution in [0.5, 0.6) is 0 Å². The van der Waals surface area contributed by atoms with Gasteiger partial charge in [0.25, 0.3) is 0 Å². The van der Waals surface area contributed by atoms with E-state index in [1.54, 1.807) is 0 Å². The SMILES string of the molecule is CCn1ccc(C2(C)CNC(=O)C2)n1. The molecule has 0 radical (unpaired) electrons. The van der Waals surface area contributed by atoms with E-state index in [2.05, 4.69) is 24.3 Å². The first kappa shape index (κ1) is 9.24. The summed E-state index contributed by atoms with van der Waals surface area (Å²) in [5.41, 5.74) is 0.898. The third kappa shape index (κ3) is 1.41. The highest BCUT2D eigenvalue weighted by Crippen LogP contribution is 2.28. The van der Waals surface area contributed by atoms with E-state index in [1.165, 1.54) is 0 Å². The maximum absolute atomic E-state index is 11.2. The molecule has 1 aliphatic rings. The summed E-state index contributed by atoms with van der Waals surface area (Å²) in [5, 5.41) is 7.29. The molecule has 4 nitrogen and oxygen atoms in total. The molecule has 0 aromatic carbocycles. The average Bonchev–Trinajstić information content (AvgIpc) is 2.73. The van der Waals surface area contributed by atoms with E-state index < -0.39 is 0 Å². The van der Waals surface area contributed by atoms with Crippen LogP contribution in [-0.4, -0.2) is 22.2 Å². The Bertz CT molecular complexity index is 358. The van der Waals surface area contributed by atoms with Crippen LogP contribution in [0.2, 0.25) is 0 Å². The minimum Gasteiger partial charge on any atom is -0.355 e. The lowest BCUT2D eigenvalue weighted by atomic mass is 9.86. The highest BCUT2D eigenvalue weighted by Gasteiger charge is 2.37. The van der Waals surface area contributed by atoms with Crippen molar-refractivity contribution in [2.45, 2.75) is 32.2 Å². The van der Waals surface area contributed by atoms with Gasteiger partial charge in [0.1, 0.15) is 0 Å². The van der Waals surface area contributed by atoms with Crippen LogP contribution in [0.3, 0.4) is 0 Å². The van der Waals surface area contributed by atoms with Gasteiger partial charge in [-0.15, -0.1) is 0 Å². The third-order valence-corrected chi connectivity index (χ3v) is 2.81. The van der Waals surface area contributed by atoms with Crippen molar-refractivity contribution in [3.05, 3.63) is 18.0 Å². The van der Waals surface area contributed by atoms with E-state index in [1.807, 2.05) is 16.9 Å². The van der Waals surface area contributed by atoms with Crippen LogP contribution in [0.25, 0.3) is 0 Å². The zero-order valence-corrected chi connectivity index (χ0v) is 8.58. The topological polar surface area (TPSA) is 46.9 Å². The van der Waals surface area contributed by atoms with Crippen molar-refractivity contribution in [3.8, 4) is 0 Å². The Morgan fingerprint density at radius 2 is 2.50 bits per heavy atom. The fourth-order valence-electron chi connectivity index (χ4n) is 1.81. The van der Waals surface area contributed by atoms with Crippen molar-refractivity contribution < 1.29 is 4.79 Å². The maximum Gasteiger partial charge on any atom is 0.221 e. The van der Waals surface area contributed by atoms with E-state index in [9.17, 15) is 4.79 Å². The molecule has 2 rings (SSSR count). The van der Waals surface area contributed by atoms with Gasteiger partial charge in [0.15, 0.2) is 0 Å². The van der Waals surface area contributed by atoms with Crippen LogP contribution in [-0.2, 0) is 16.8 Å². The molecule has 14 heavy (non-hydrogen) atoms. The third-order valence-electron chi connectivity index (χ3n) is 2.81. The largest absolute Gasteiger partial charge is 0.355 e. The highest BCUT2D eigenvalue weighted by atomic mass is 16.1. The summed E-state index contributed by atoms with van der Waals surface area (Å²) in [6.07, 6.45) is 2.51. The number of nitrogens with zero attached hydrogens (tertiary/aromatic N) is 2. The number of hydrogen-bond acceptors (Lipinski definition) is 2. The standard InChI is InChI=1S/C10H15N3O/c1-3-13-5-4-8(12-13)10(2)6-9(14)11-7-10/h4-5H,3,6-7H2,1-2H3,(H,11,14). The maximum atomic E-state index is 11.2. The summed E-state index contributed by atoms with van der Waals surface area (Å²) in [4.78, 5) is 11.2. The Labute approximate surface area is 83.3 Å². The Morgan fingerprint density at radius 3 is 3.00 bits per heavy atom. The van der Waals surface area contributed by atoms with Crippen LogP contribution >= 0.6 is 0 Å². The monoisotopic (exact) mass is 193 g/mol. The molecule has 1 unspecified atom stereocenters. The number of aryl methyl sites for hydroxylation is 1. The number of carbonyl (C=O) groups excluding carboxylic acids is 1. The molecule has 76 valence electrons. The van der Waals surface area contributed by atoms with Gasteiger partial charge >= 0.3 is 0 Å². The van der Waals surface area contributed by atoms with Gasteiger partial charge in [0.2, 0.25) is 5.91 Å². The minimum atomic E-state index is -0.114. The normalized spacial score (nSPS) is 26.6. The van der Waals surface area contributed by atoms with Crippen molar-refractivity contribution in [2.75, 3.05) is 6.54 Å². The first-order valence-corrected chi connectivity index (χ1v) is 4.95. The molecule has 0 bridgehead atoms. The second kappa shape index (κ2) is 3.12. The Morgan fingerprint density at radius 1 is 1.71 bits per heavy atom. The second-order valence-corrected chi connectivity index (χ2v) is 4.07. The molecule has 1 amide bonds. The van der Waals surface area contributed by atoms with Crippen molar-refractivity contribution in [3.63, 3.8) is 0 Å². The number of hydrogen-bond donors (Lipinski definition) is 1. The Balaban J connectivity index is 2.25. The smallest absolute Gasteiger partial charge is 0.221 e. The fraction of sp³-hybridized carbons (Fsp3) is 0.600. The van der Waals surface area contributed by atoms with Gasteiger partial charge in [-0.1, -0.05) is 6.92 Å². The quantitative estimate of drug-likeness (QED) is 0.750. The van der Waals surface area contributed by atoms with Crippen molar-refractivity contribution in [2.24, 2.45) is 0 Å². The van der Waals surface area contributed by atoms with Crippen LogP contribution in [0.15, 0.2) is 12.3 Å². The van der Waals surface area contributed by atoms with Crippen molar-refractivity contribution >= 4 is 5.91 Å². The molecular formula is C10H15N3O. The molecule has 1 aromatic rings. The van der Waals surface area contributed by atoms with Gasteiger partial charge in [0, 0.05) is 31.1 Å². The molecule has 0 aliphatic carbocycles. The average molecular weight is 193 g/mol.